The Morgan fingerprint density at radius 1 is 1.35 bits per heavy atom. The highest BCUT2D eigenvalue weighted by Gasteiger charge is 2.22. The van der Waals surface area contributed by atoms with Gasteiger partial charge in [0.05, 0.1) is 11.9 Å². The molecule has 5 nitrogen and oxygen atoms in total. The molecular formula is C12H10N2O3. The third kappa shape index (κ3) is 1.22. The fourth-order valence-electron chi connectivity index (χ4n) is 2.15. The molecule has 1 aromatic carbocycles. The minimum Gasteiger partial charge on any atom is -0.463 e. The first-order chi connectivity index (χ1) is 8.22. The van der Waals surface area contributed by atoms with E-state index in [1.165, 1.54) is 12.0 Å². The van der Waals surface area contributed by atoms with Gasteiger partial charge in [0, 0.05) is 10.9 Å². The molecule has 0 aromatic heterocycles. The lowest BCUT2D eigenvalue weighted by atomic mass is 10.2. The molecule has 1 aliphatic carbocycles. The fourth-order valence-corrected chi connectivity index (χ4v) is 2.15. The largest absolute Gasteiger partial charge is 0.463 e. The number of nitrogens with zero attached hydrogens (tertiary/aromatic N) is 2. The maximum atomic E-state index is 11.3. The van der Waals surface area contributed by atoms with E-state index >= 15 is 0 Å². The molecular weight excluding hydrogens is 220 g/mol. The SMILES string of the molecule is COn1cc2cc3ccccc3c-2n1C(=O)O. The lowest BCUT2D eigenvalue weighted by Crippen LogP contribution is -2.22. The van der Waals surface area contributed by atoms with Crippen LogP contribution in [-0.4, -0.2) is 27.8 Å². The minimum absolute atomic E-state index is 0.648. The van der Waals surface area contributed by atoms with E-state index < -0.39 is 6.09 Å². The molecule has 0 saturated heterocycles. The normalized spacial score (nSPS) is 11.1. The van der Waals surface area contributed by atoms with Crippen LogP contribution in [0.3, 0.4) is 0 Å². The molecule has 0 bridgehead atoms. The summed E-state index contributed by atoms with van der Waals surface area (Å²) in [6.07, 6.45) is 0.585. The topological polar surface area (TPSA) is 56.4 Å². The van der Waals surface area contributed by atoms with Gasteiger partial charge in [0.1, 0.15) is 7.11 Å². The van der Waals surface area contributed by atoms with Crippen LogP contribution in [0.4, 0.5) is 4.79 Å². The summed E-state index contributed by atoms with van der Waals surface area (Å²) in [6.45, 7) is 0. The molecule has 0 fully saturated rings. The zero-order valence-corrected chi connectivity index (χ0v) is 9.12. The first kappa shape index (κ1) is 9.77. The predicted octanol–water partition coefficient (Wildman–Crippen LogP) is 2.13. The molecule has 1 aliphatic heterocycles. The summed E-state index contributed by atoms with van der Waals surface area (Å²) in [5, 5.41) is 11.2. The zero-order chi connectivity index (χ0) is 12.0. The van der Waals surface area contributed by atoms with Crippen molar-refractivity contribution < 1.29 is 14.7 Å². The van der Waals surface area contributed by atoms with Crippen LogP contribution >= 0.6 is 0 Å². The number of hydrogen-bond acceptors (Lipinski definition) is 2. The number of rotatable bonds is 1. The standard InChI is InChI=1S/C12H10N2O3/c1-17-13-7-9-6-8-4-2-3-5-10(8)11(9)14(13)12(15)16/h2-7H,1H3,(H,15,16). The molecule has 5 heteroatoms. The van der Waals surface area contributed by atoms with E-state index in [1.54, 1.807) is 6.20 Å². The Labute approximate surface area is 96.7 Å². The van der Waals surface area contributed by atoms with Crippen molar-refractivity contribution in [3.63, 3.8) is 0 Å². The first-order valence-electron chi connectivity index (χ1n) is 5.12. The molecule has 0 amide bonds. The monoisotopic (exact) mass is 230 g/mol. The number of fused-ring (bicyclic) bond motifs is 3. The van der Waals surface area contributed by atoms with E-state index in [0.29, 0.717) is 5.69 Å². The van der Waals surface area contributed by atoms with E-state index in [-0.39, 0.29) is 0 Å². The molecule has 0 unspecified atom stereocenters. The molecule has 1 heterocycles. The van der Waals surface area contributed by atoms with Gasteiger partial charge in [-0.2, -0.15) is 4.68 Å². The van der Waals surface area contributed by atoms with Crippen LogP contribution in [0.15, 0.2) is 36.5 Å². The summed E-state index contributed by atoms with van der Waals surface area (Å²) >= 11 is 0. The van der Waals surface area contributed by atoms with Crippen molar-refractivity contribution in [2.24, 2.45) is 0 Å². The van der Waals surface area contributed by atoms with Crippen LogP contribution in [0.1, 0.15) is 0 Å². The van der Waals surface area contributed by atoms with Crippen LogP contribution < -0.4 is 4.84 Å². The van der Waals surface area contributed by atoms with Gasteiger partial charge in [-0.1, -0.05) is 24.3 Å². The van der Waals surface area contributed by atoms with Crippen molar-refractivity contribution in [2.75, 3.05) is 7.11 Å². The summed E-state index contributed by atoms with van der Waals surface area (Å²) in [5.74, 6) is 0. The number of hydrogen-bond donors (Lipinski definition) is 1. The summed E-state index contributed by atoms with van der Waals surface area (Å²) in [4.78, 5) is 17.5. The molecule has 0 saturated carbocycles. The predicted molar refractivity (Wildman–Crippen MR) is 62.5 cm³/mol. The Kier molecular flexibility index (Phi) is 1.89. The van der Waals surface area contributed by atoms with Gasteiger partial charge in [0.15, 0.2) is 0 Å². The molecule has 2 aliphatic rings. The quantitative estimate of drug-likeness (QED) is 0.696. The molecule has 0 spiro atoms. The van der Waals surface area contributed by atoms with Crippen LogP contribution in [0.2, 0.25) is 0 Å². The van der Waals surface area contributed by atoms with Gasteiger partial charge in [0.25, 0.3) is 0 Å². The van der Waals surface area contributed by atoms with Gasteiger partial charge in [0.2, 0.25) is 0 Å². The molecule has 1 aromatic rings. The average molecular weight is 230 g/mol. The van der Waals surface area contributed by atoms with Crippen LogP contribution in [0, 0.1) is 0 Å². The number of carbonyl (C=O) groups is 1. The second-order valence-corrected chi connectivity index (χ2v) is 3.74. The van der Waals surface area contributed by atoms with Crippen molar-refractivity contribution in [1.82, 2.24) is 9.53 Å². The van der Waals surface area contributed by atoms with Crippen molar-refractivity contribution in [2.45, 2.75) is 0 Å². The second kappa shape index (κ2) is 3.28. The maximum Gasteiger partial charge on any atom is 0.433 e. The van der Waals surface area contributed by atoms with Gasteiger partial charge < -0.3 is 9.94 Å². The molecule has 0 atom stereocenters. The average Bonchev–Trinajstić information content (AvgIpc) is 2.83. The van der Waals surface area contributed by atoms with Gasteiger partial charge in [-0.05, 0) is 11.5 Å². The Balaban J connectivity index is 2.45. The van der Waals surface area contributed by atoms with Crippen molar-refractivity contribution in [3.05, 3.63) is 36.5 Å². The maximum absolute atomic E-state index is 11.3. The van der Waals surface area contributed by atoms with E-state index in [4.69, 9.17) is 4.84 Å². The van der Waals surface area contributed by atoms with Crippen LogP contribution in [0.25, 0.3) is 22.0 Å². The first-order valence-corrected chi connectivity index (χ1v) is 5.12. The molecule has 1 N–H and O–H groups in total. The van der Waals surface area contributed by atoms with Gasteiger partial charge in [-0.15, -0.1) is 4.85 Å². The van der Waals surface area contributed by atoms with Crippen molar-refractivity contribution in [3.8, 4) is 11.3 Å². The van der Waals surface area contributed by atoms with Gasteiger partial charge >= 0.3 is 6.09 Å². The van der Waals surface area contributed by atoms with Crippen LogP contribution in [-0.2, 0) is 0 Å². The third-order valence-corrected chi connectivity index (χ3v) is 2.83. The highest BCUT2D eigenvalue weighted by Crippen LogP contribution is 2.34. The second-order valence-electron chi connectivity index (χ2n) is 3.74. The smallest absolute Gasteiger partial charge is 0.433 e. The summed E-state index contributed by atoms with van der Waals surface area (Å²) < 4.78 is 1.09. The Morgan fingerprint density at radius 3 is 2.82 bits per heavy atom. The van der Waals surface area contributed by atoms with Crippen LogP contribution in [0.5, 0.6) is 0 Å². The van der Waals surface area contributed by atoms with Gasteiger partial charge in [-0.25, -0.2) is 4.79 Å². The van der Waals surface area contributed by atoms with E-state index in [9.17, 15) is 9.90 Å². The third-order valence-electron chi connectivity index (χ3n) is 2.83. The summed E-state index contributed by atoms with van der Waals surface area (Å²) in [7, 11) is 1.43. The number of carboxylic acid groups (broad SMARTS) is 1. The molecule has 3 rings (SSSR count). The number of benzene rings is 1. The van der Waals surface area contributed by atoms with E-state index in [0.717, 1.165) is 21.0 Å². The number of aromatic nitrogens is 2. The Hall–Kier alpha value is -2.43. The van der Waals surface area contributed by atoms with Gasteiger partial charge in [-0.3, -0.25) is 0 Å². The van der Waals surface area contributed by atoms with Crippen molar-refractivity contribution >= 4 is 16.9 Å². The van der Waals surface area contributed by atoms with Crippen molar-refractivity contribution in [1.29, 1.82) is 0 Å². The van der Waals surface area contributed by atoms with E-state index in [1.807, 2.05) is 30.3 Å². The highest BCUT2D eigenvalue weighted by atomic mass is 16.7. The highest BCUT2D eigenvalue weighted by molar-refractivity contribution is 6.02. The fraction of sp³-hybridized carbons (Fsp3) is 0.0833. The summed E-state index contributed by atoms with van der Waals surface area (Å²) in [6, 6.07) is 9.62. The lowest BCUT2D eigenvalue weighted by molar-refractivity contribution is 0.0983. The zero-order valence-electron chi connectivity index (χ0n) is 9.12. The lowest BCUT2D eigenvalue weighted by Gasteiger charge is -2.06. The summed E-state index contributed by atoms with van der Waals surface area (Å²) in [5.41, 5.74) is 1.49. The molecule has 17 heavy (non-hydrogen) atoms. The molecule has 0 radical (unpaired) electrons. The Bertz CT molecular complexity index is 680. The molecule has 86 valence electrons. The van der Waals surface area contributed by atoms with E-state index in [2.05, 4.69) is 0 Å². The minimum atomic E-state index is -1.07. The Morgan fingerprint density at radius 2 is 2.12 bits per heavy atom.